The van der Waals surface area contributed by atoms with E-state index in [9.17, 15) is 13.2 Å². The van der Waals surface area contributed by atoms with Crippen LogP contribution >= 0.6 is 11.3 Å². The molecule has 4 aromatic rings. The van der Waals surface area contributed by atoms with E-state index in [2.05, 4.69) is 5.32 Å². The fourth-order valence-corrected chi connectivity index (χ4v) is 6.47. The lowest BCUT2D eigenvalue weighted by Crippen LogP contribution is -2.30. The number of anilines is 1. The Morgan fingerprint density at radius 3 is 2.24 bits per heavy atom. The topological polar surface area (TPSA) is 75.7 Å². The van der Waals surface area contributed by atoms with Gasteiger partial charge in [0.2, 0.25) is 0 Å². The van der Waals surface area contributed by atoms with Gasteiger partial charge in [-0.1, -0.05) is 66.7 Å². The Hall–Kier alpha value is -3.62. The van der Waals surface area contributed by atoms with Crippen LogP contribution in [0.5, 0.6) is 5.75 Å². The lowest BCUT2D eigenvalue weighted by Gasteiger charge is -2.21. The first-order valence-corrected chi connectivity index (χ1v) is 12.9. The Morgan fingerprint density at radius 2 is 1.56 bits per heavy atom. The molecule has 0 bridgehead atoms. The number of ether oxygens (including phenoxy) is 1. The molecule has 0 spiro atoms. The summed E-state index contributed by atoms with van der Waals surface area (Å²) in [4.78, 5) is 13.4. The minimum Gasteiger partial charge on any atom is -0.496 e. The number of amides is 1. The molecule has 0 atom stereocenters. The van der Waals surface area contributed by atoms with Gasteiger partial charge >= 0.3 is 0 Å². The van der Waals surface area contributed by atoms with Crippen LogP contribution in [0.25, 0.3) is 11.1 Å². The van der Waals surface area contributed by atoms with Crippen LogP contribution in [-0.2, 0) is 16.6 Å². The summed E-state index contributed by atoms with van der Waals surface area (Å²) in [6, 6.07) is 25.4. The number of carbonyl (C=O) groups excluding carboxylic acids is 1. The first-order valence-electron chi connectivity index (χ1n) is 10.5. The summed E-state index contributed by atoms with van der Waals surface area (Å²) < 4.78 is 34.2. The third-order valence-corrected chi connectivity index (χ3v) is 8.39. The number of para-hydroxylation sites is 2. The van der Waals surface area contributed by atoms with Crippen LogP contribution in [0.2, 0.25) is 0 Å². The van der Waals surface area contributed by atoms with Gasteiger partial charge < -0.3 is 10.1 Å². The molecular weight excluding hydrogens is 468 g/mol. The molecule has 4 rings (SSSR count). The predicted octanol–water partition coefficient (Wildman–Crippen LogP) is 5.18. The van der Waals surface area contributed by atoms with Crippen molar-refractivity contribution in [1.82, 2.24) is 5.32 Å². The van der Waals surface area contributed by atoms with Crippen molar-refractivity contribution >= 4 is 33.0 Å². The van der Waals surface area contributed by atoms with E-state index in [4.69, 9.17) is 4.74 Å². The molecule has 174 valence electrons. The minimum atomic E-state index is -4.04. The molecule has 0 aliphatic carbocycles. The number of methoxy groups -OCH3 is 1. The Labute approximate surface area is 203 Å². The van der Waals surface area contributed by atoms with Crippen molar-refractivity contribution in [2.24, 2.45) is 0 Å². The van der Waals surface area contributed by atoms with E-state index >= 15 is 0 Å². The molecule has 1 heterocycles. The number of thiophene rings is 1. The van der Waals surface area contributed by atoms with Crippen molar-refractivity contribution in [1.29, 1.82) is 0 Å². The maximum absolute atomic E-state index is 13.8. The van der Waals surface area contributed by atoms with Gasteiger partial charge in [0.25, 0.3) is 15.9 Å². The summed E-state index contributed by atoms with van der Waals surface area (Å²) in [6.07, 6.45) is 0. The summed E-state index contributed by atoms with van der Waals surface area (Å²) in [7, 11) is -0.981. The Balaban J connectivity index is 1.75. The fraction of sp³-hybridized carbons (Fsp3) is 0.115. The molecule has 1 N–H and O–H groups in total. The standard InChI is InChI=1S/C26H24N2O4S2/c1-28(21-14-7-4-8-15-21)34(30,31)25-22(19-11-5-3-6-12-19)18-33-24(25)26(29)27-17-20-13-9-10-16-23(20)32-2/h3-16,18H,17H2,1-2H3,(H,27,29). The van der Waals surface area contributed by atoms with Crippen molar-refractivity contribution in [3.63, 3.8) is 0 Å². The maximum atomic E-state index is 13.8. The molecule has 0 fully saturated rings. The van der Waals surface area contributed by atoms with Crippen LogP contribution in [0.4, 0.5) is 5.69 Å². The van der Waals surface area contributed by atoms with Gasteiger partial charge in [-0.15, -0.1) is 11.3 Å². The average molecular weight is 493 g/mol. The van der Waals surface area contributed by atoms with E-state index in [1.165, 1.54) is 11.4 Å². The monoisotopic (exact) mass is 492 g/mol. The van der Waals surface area contributed by atoms with Crippen molar-refractivity contribution in [3.8, 4) is 16.9 Å². The van der Waals surface area contributed by atoms with Gasteiger partial charge in [0.15, 0.2) is 0 Å². The highest BCUT2D eigenvalue weighted by Crippen LogP contribution is 2.38. The largest absolute Gasteiger partial charge is 0.496 e. The summed E-state index contributed by atoms with van der Waals surface area (Å²) in [5, 5.41) is 4.58. The zero-order chi connectivity index (χ0) is 24.1. The number of hydrogen-bond donors (Lipinski definition) is 1. The summed E-state index contributed by atoms with van der Waals surface area (Å²) in [5.74, 6) is 0.189. The van der Waals surface area contributed by atoms with Crippen molar-refractivity contribution in [2.45, 2.75) is 11.4 Å². The molecule has 0 unspecified atom stereocenters. The van der Waals surface area contributed by atoms with Crippen molar-refractivity contribution < 1.29 is 17.9 Å². The lowest BCUT2D eigenvalue weighted by molar-refractivity contribution is 0.0952. The van der Waals surface area contributed by atoms with Crippen LogP contribution in [0.3, 0.4) is 0 Å². The summed E-state index contributed by atoms with van der Waals surface area (Å²) >= 11 is 1.11. The highest BCUT2D eigenvalue weighted by molar-refractivity contribution is 7.93. The Kier molecular flexibility index (Phi) is 7.00. The fourth-order valence-electron chi connectivity index (χ4n) is 3.60. The second kappa shape index (κ2) is 10.1. The quantitative estimate of drug-likeness (QED) is 0.368. The van der Waals surface area contributed by atoms with Crippen molar-refractivity contribution in [3.05, 3.63) is 101 Å². The molecule has 0 radical (unpaired) electrons. The highest BCUT2D eigenvalue weighted by Gasteiger charge is 2.32. The number of hydrogen-bond acceptors (Lipinski definition) is 5. The number of nitrogens with one attached hydrogen (secondary N) is 1. The summed E-state index contributed by atoms with van der Waals surface area (Å²) in [6.45, 7) is 0.204. The van der Waals surface area contributed by atoms with E-state index in [0.29, 0.717) is 17.0 Å². The van der Waals surface area contributed by atoms with Gasteiger partial charge in [-0.05, 0) is 23.8 Å². The average Bonchev–Trinajstić information content (AvgIpc) is 3.34. The molecule has 0 saturated heterocycles. The Morgan fingerprint density at radius 1 is 0.941 bits per heavy atom. The van der Waals surface area contributed by atoms with E-state index in [1.807, 2.05) is 60.7 Å². The van der Waals surface area contributed by atoms with Crippen molar-refractivity contribution in [2.75, 3.05) is 18.5 Å². The number of benzene rings is 3. The number of carbonyl (C=O) groups is 1. The van der Waals surface area contributed by atoms with E-state index in [-0.39, 0.29) is 16.3 Å². The molecule has 1 amide bonds. The molecule has 8 heteroatoms. The van der Waals surface area contributed by atoms with Crippen LogP contribution < -0.4 is 14.4 Å². The third-order valence-electron chi connectivity index (χ3n) is 5.41. The van der Waals surface area contributed by atoms with Gasteiger partial charge in [-0.25, -0.2) is 8.42 Å². The molecular formula is C26H24N2O4S2. The van der Waals surface area contributed by atoms with Gasteiger partial charge in [-0.3, -0.25) is 9.10 Å². The molecule has 0 aliphatic heterocycles. The molecule has 0 aliphatic rings. The number of nitrogens with zero attached hydrogens (tertiary/aromatic N) is 1. The van der Waals surface area contributed by atoms with Crippen LogP contribution in [0.15, 0.2) is 95.2 Å². The number of rotatable bonds is 8. The SMILES string of the molecule is COc1ccccc1CNC(=O)c1scc(-c2ccccc2)c1S(=O)(=O)N(C)c1ccccc1. The first kappa shape index (κ1) is 23.5. The van der Waals surface area contributed by atoms with Gasteiger partial charge in [0.1, 0.15) is 15.5 Å². The first-order chi connectivity index (χ1) is 16.4. The molecule has 1 aromatic heterocycles. The van der Waals surface area contributed by atoms with E-state index in [0.717, 1.165) is 22.5 Å². The predicted molar refractivity (Wildman–Crippen MR) is 136 cm³/mol. The molecule has 0 saturated carbocycles. The second-order valence-electron chi connectivity index (χ2n) is 7.48. The molecule has 3 aromatic carbocycles. The molecule has 6 nitrogen and oxygen atoms in total. The third kappa shape index (κ3) is 4.69. The van der Waals surface area contributed by atoms with Crippen LogP contribution in [0, 0.1) is 0 Å². The zero-order valence-electron chi connectivity index (χ0n) is 18.8. The molecule has 34 heavy (non-hydrogen) atoms. The van der Waals surface area contributed by atoms with E-state index < -0.39 is 15.9 Å². The van der Waals surface area contributed by atoms with Gasteiger partial charge in [-0.2, -0.15) is 0 Å². The van der Waals surface area contributed by atoms with Crippen LogP contribution in [0.1, 0.15) is 15.2 Å². The normalized spacial score (nSPS) is 11.1. The van der Waals surface area contributed by atoms with E-state index in [1.54, 1.807) is 36.8 Å². The Bertz CT molecular complexity index is 1380. The highest BCUT2D eigenvalue weighted by atomic mass is 32.2. The maximum Gasteiger partial charge on any atom is 0.266 e. The van der Waals surface area contributed by atoms with Gasteiger partial charge in [0, 0.05) is 30.1 Å². The number of sulfonamides is 1. The zero-order valence-corrected chi connectivity index (χ0v) is 20.4. The second-order valence-corrected chi connectivity index (χ2v) is 10.3. The van der Waals surface area contributed by atoms with Crippen LogP contribution in [-0.4, -0.2) is 28.5 Å². The lowest BCUT2D eigenvalue weighted by atomic mass is 10.1. The smallest absolute Gasteiger partial charge is 0.266 e. The minimum absolute atomic E-state index is 0.00687. The van der Waals surface area contributed by atoms with Gasteiger partial charge in [0.05, 0.1) is 12.8 Å². The summed E-state index contributed by atoms with van der Waals surface area (Å²) in [5.41, 5.74) is 2.52.